The molecule has 188 valence electrons. The van der Waals surface area contributed by atoms with Gasteiger partial charge in [-0.25, -0.2) is 8.78 Å². The largest absolute Gasteiger partial charge is 0.573 e. The Labute approximate surface area is 190 Å². The minimum atomic E-state index is -4.84. The van der Waals surface area contributed by atoms with Gasteiger partial charge in [-0.05, 0) is 30.7 Å². The first kappa shape index (κ1) is 27.0. The van der Waals surface area contributed by atoms with Crippen molar-refractivity contribution in [1.29, 1.82) is 0 Å². The van der Waals surface area contributed by atoms with E-state index in [2.05, 4.69) is 20.3 Å². The molecule has 0 aliphatic heterocycles. The molecule has 0 unspecified atom stereocenters. The van der Waals surface area contributed by atoms with E-state index in [0.717, 1.165) is 12.1 Å². The molecular formula is C20H23F5N4O5. The molecule has 9 nitrogen and oxygen atoms in total. The van der Waals surface area contributed by atoms with E-state index in [1.165, 1.54) is 12.1 Å². The molecule has 0 radical (unpaired) electrons. The Hall–Kier alpha value is -3.29. The van der Waals surface area contributed by atoms with Gasteiger partial charge in [0.05, 0.1) is 6.04 Å². The lowest BCUT2D eigenvalue weighted by Crippen LogP contribution is -2.39. The molecule has 2 atom stereocenters. The van der Waals surface area contributed by atoms with E-state index in [9.17, 15) is 36.6 Å². The topological polar surface area (TPSA) is 141 Å². The number of aromatic nitrogens is 2. The third kappa shape index (κ3) is 8.57. The van der Waals surface area contributed by atoms with Crippen LogP contribution in [0.1, 0.15) is 51.0 Å². The van der Waals surface area contributed by atoms with Gasteiger partial charge in [0, 0.05) is 31.2 Å². The fraction of sp³-hybridized carbons (Fsp3) is 0.500. The summed E-state index contributed by atoms with van der Waals surface area (Å²) in [5.74, 6) is -5.74. The van der Waals surface area contributed by atoms with E-state index in [1.54, 1.807) is 6.92 Å². The minimum absolute atomic E-state index is 0.108. The molecule has 0 spiro atoms. The van der Waals surface area contributed by atoms with Gasteiger partial charge in [-0.3, -0.25) is 9.59 Å². The molecule has 34 heavy (non-hydrogen) atoms. The van der Waals surface area contributed by atoms with Gasteiger partial charge in [0.2, 0.25) is 29.5 Å². The molecule has 1 heterocycles. The lowest BCUT2D eigenvalue weighted by Gasteiger charge is -2.21. The number of benzene rings is 1. The van der Waals surface area contributed by atoms with E-state index in [1.807, 2.05) is 0 Å². The molecule has 0 fully saturated rings. The Kier molecular flexibility index (Phi) is 8.90. The molecule has 0 aliphatic carbocycles. The smallest absolute Gasteiger partial charge is 0.418 e. The van der Waals surface area contributed by atoms with Crippen LogP contribution in [-0.4, -0.2) is 45.4 Å². The van der Waals surface area contributed by atoms with E-state index in [-0.39, 0.29) is 23.8 Å². The van der Waals surface area contributed by atoms with Gasteiger partial charge in [-0.2, -0.15) is 0 Å². The number of nitrogens with one attached hydrogen (secondary N) is 1. The zero-order valence-electron chi connectivity index (χ0n) is 17.9. The van der Waals surface area contributed by atoms with Crippen molar-refractivity contribution in [2.45, 2.75) is 63.5 Å². The number of nitrogens with zero attached hydrogens (tertiary/aromatic N) is 2. The average molecular weight is 494 g/mol. The van der Waals surface area contributed by atoms with Crippen LogP contribution >= 0.6 is 0 Å². The van der Waals surface area contributed by atoms with Crippen LogP contribution in [0.5, 0.6) is 5.75 Å². The van der Waals surface area contributed by atoms with Crippen molar-refractivity contribution in [1.82, 2.24) is 15.5 Å². The molecule has 2 rings (SSSR count). The first-order valence-corrected chi connectivity index (χ1v) is 10.1. The predicted octanol–water partition coefficient (Wildman–Crippen LogP) is 3.24. The minimum Gasteiger partial charge on any atom is -0.418 e. The maximum absolute atomic E-state index is 13.7. The van der Waals surface area contributed by atoms with Crippen molar-refractivity contribution in [3.63, 3.8) is 0 Å². The van der Waals surface area contributed by atoms with Gasteiger partial charge in [-0.15, -0.1) is 23.4 Å². The molecule has 0 saturated carbocycles. The lowest BCUT2D eigenvalue weighted by molar-refractivity contribution is -0.274. The summed E-state index contributed by atoms with van der Waals surface area (Å²) in [4.78, 5) is 22.7. The number of amides is 2. The van der Waals surface area contributed by atoms with Crippen LogP contribution in [0.4, 0.5) is 22.0 Å². The fourth-order valence-electron chi connectivity index (χ4n) is 2.85. The Bertz CT molecular complexity index is 965. The molecular weight excluding hydrogens is 471 g/mol. The van der Waals surface area contributed by atoms with Crippen molar-refractivity contribution in [3.8, 4) is 17.2 Å². The normalized spacial score (nSPS) is 13.9. The zero-order valence-corrected chi connectivity index (χ0v) is 17.9. The number of carbonyl (C=O) groups excluding carboxylic acids is 2. The molecule has 14 heteroatoms. The van der Waals surface area contributed by atoms with Gasteiger partial charge < -0.3 is 25.3 Å². The number of alkyl halides is 5. The highest BCUT2D eigenvalue weighted by molar-refractivity contribution is 5.76. The molecule has 1 aromatic carbocycles. The quantitative estimate of drug-likeness (QED) is 0.385. The summed E-state index contributed by atoms with van der Waals surface area (Å²) < 4.78 is 73.3. The maximum atomic E-state index is 13.7. The highest BCUT2D eigenvalue weighted by atomic mass is 19.4. The average Bonchev–Trinajstić information content (AvgIpc) is 3.24. The SMILES string of the molecule is CC[C@H](NC(=O)CCC(F)(F)CCC(N)=O)[C@H](O)c1nnc(-c2ccc(OC(F)(F)F)cc2)o1. The van der Waals surface area contributed by atoms with Crippen LogP contribution in [-0.2, 0) is 9.59 Å². The van der Waals surface area contributed by atoms with Gasteiger partial charge in [0.25, 0.3) is 0 Å². The van der Waals surface area contributed by atoms with E-state index >= 15 is 0 Å². The first-order valence-electron chi connectivity index (χ1n) is 10.1. The summed E-state index contributed by atoms with van der Waals surface area (Å²) in [5, 5.41) is 20.3. The Balaban J connectivity index is 1.97. The summed E-state index contributed by atoms with van der Waals surface area (Å²) in [7, 11) is 0. The number of aliphatic hydroxyl groups is 1. The van der Waals surface area contributed by atoms with Crippen LogP contribution in [0, 0.1) is 0 Å². The monoisotopic (exact) mass is 494 g/mol. The number of carbonyl (C=O) groups is 2. The van der Waals surface area contributed by atoms with Crippen molar-refractivity contribution in [2.75, 3.05) is 0 Å². The number of hydrogen-bond acceptors (Lipinski definition) is 7. The van der Waals surface area contributed by atoms with Crippen LogP contribution in [0.2, 0.25) is 0 Å². The molecule has 2 amide bonds. The second kappa shape index (κ2) is 11.2. The molecule has 1 aromatic heterocycles. The summed E-state index contributed by atoms with van der Waals surface area (Å²) >= 11 is 0. The second-order valence-electron chi connectivity index (χ2n) is 7.37. The van der Waals surface area contributed by atoms with E-state index in [0.29, 0.717) is 0 Å². The number of nitrogens with two attached hydrogens (primary N) is 1. The molecule has 2 aromatic rings. The molecule has 0 aliphatic rings. The lowest BCUT2D eigenvalue weighted by atomic mass is 10.1. The predicted molar refractivity (Wildman–Crippen MR) is 106 cm³/mol. The molecule has 0 saturated heterocycles. The van der Waals surface area contributed by atoms with Gasteiger partial charge in [-0.1, -0.05) is 6.92 Å². The zero-order chi connectivity index (χ0) is 25.5. The molecule has 4 N–H and O–H groups in total. The summed E-state index contributed by atoms with van der Waals surface area (Å²) in [6.07, 6.45) is -8.78. The highest BCUT2D eigenvalue weighted by Crippen LogP contribution is 2.28. The van der Waals surface area contributed by atoms with Gasteiger partial charge in [0.1, 0.15) is 5.75 Å². The molecule has 0 bridgehead atoms. The van der Waals surface area contributed by atoms with Crippen LogP contribution in [0.3, 0.4) is 0 Å². The Morgan fingerprint density at radius 2 is 1.74 bits per heavy atom. The fourth-order valence-corrected chi connectivity index (χ4v) is 2.85. The maximum Gasteiger partial charge on any atom is 0.573 e. The number of ether oxygens (including phenoxy) is 1. The number of halogens is 5. The van der Waals surface area contributed by atoms with E-state index < -0.39 is 67.7 Å². The highest BCUT2D eigenvalue weighted by Gasteiger charge is 2.32. The van der Waals surface area contributed by atoms with Crippen LogP contribution < -0.4 is 15.8 Å². The summed E-state index contributed by atoms with van der Waals surface area (Å²) in [6.45, 7) is 1.62. The number of primary amides is 1. The number of aliphatic hydroxyl groups excluding tert-OH is 1. The number of hydrogen-bond donors (Lipinski definition) is 3. The van der Waals surface area contributed by atoms with Gasteiger partial charge >= 0.3 is 6.36 Å². The van der Waals surface area contributed by atoms with Crippen molar-refractivity contribution in [3.05, 3.63) is 30.2 Å². The Morgan fingerprint density at radius 3 is 2.29 bits per heavy atom. The third-order valence-corrected chi connectivity index (χ3v) is 4.65. The van der Waals surface area contributed by atoms with Crippen molar-refractivity contribution < 1.29 is 45.8 Å². The number of rotatable bonds is 12. The summed E-state index contributed by atoms with van der Waals surface area (Å²) in [6, 6.07) is 3.61. The summed E-state index contributed by atoms with van der Waals surface area (Å²) in [5.41, 5.74) is 5.10. The van der Waals surface area contributed by atoms with Crippen LogP contribution in [0.15, 0.2) is 28.7 Å². The first-order chi connectivity index (χ1) is 15.8. The third-order valence-electron chi connectivity index (χ3n) is 4.65. The van der Waals surface area contributed by atoms with Crippen molar-refractivity contribution in [2.24, 2.45) is 5.73 Å². The second-order valence-corrected chi connectivity index (χ2v) is 7.37. The van der Waals surface area contributed by atoms with Crippen LogP contribution in [0.25, 0.3) is 11.5 Å². The van der Waals surface area contributed by atoms with Crippen molar-refractivity contribution >= 4 is 11.8 Å². The standard InChI is InChI=1S/C20H23F5N4O5/c1-2-13(27-15(31)8-10-19(21,22)9-7-14(26)30)16(32)18-29-28-17(33-18)11-3-5-12(6-4-11)34-20(23,24)25/h3-6,13,16,32H,2,7-10H2,1H3,(H2,26,30)(H,27,31)/t13-,16-/m0/s1. The van der Waals surface area contributed by atoms with Gasteiger partial charge in [0.15, 0.2) is 6.10 Å². The Morgan fingerprint density at radius 1 is 1.12 bits per heavy atom. The van der Waals surface area contributed by atoms with E-state index in [4.69, 9.17) is 10.2 Å².